The molecule has 1 fully saturated rings. The zero-order valence-electron chi connectivity index (χ0n) is 12.3. The highest BCUT2D eigenvalue weighted by Crippen LogP contribution is 2.19. The summed E-state index contributed by atoms with van der Waals surface area (Å²) in [6, 6.07) is 0. The molecule has 1 rings (SSSR count). The fourth-order valence-electron chi connectivity index (χ4n) is 3.00. The molecule has 1 heterocycles. The normalized spacial score (nSPS) is 21.3. The van der Waals surface area contributed by atoms with Crippen molar-refractivity contribution in [3.63, 3.8) is 0 Å². The molecule has 1 saturated heterocycles. The summed E-state index contributed by atoms with van der Waals surface area (Å²) in [5, 5.41) is 1.18. The molecular weight excluding hydrogens is 286 g/mol. The van der Waals surface area contributed by atoms with Gasteiger partial charge in [-0.2, -0.15) is 0 Å². The maximum absolute atomic E-state index is 3.49. The van der Waals surface area contributed by atoms with E-state index in [0.717, 1.165) is 5.92 Å². The first kappa shape index (κ1) is 16.5. The number of alkyl halides is 1. The monoisotopic (exact) mass is 317 g/mol. The van der Waals surface area contributed by atoms with Crippen LogP contribution in [0, 0.1) is 5.92 Å². The Labute approximate surface area is 123 Å². The van der Waals surface area contributed by atoms with E-state index in [2.05, 4.69) is 27.8 Å². The van der Waals surface area contributed by atoms with Crippen LogP contribution in [0.1, 0.15) is 71.1 Å². The van der Waals surface area contributed by atoms with Crippen molar-refractivity contribution in [2.45, 2.75) is 71.1 Å². The molecule has 0 aliphatic carbocycles. The molecule has 1 atom stereocenters. The quantitative estimate of drug-likeness (QED) is 0.393. The largest absolute Gasteiger partial charge is 0.303 e. The molecule has 1 aliphatic rings. The van der Waals surface area contributed by atoms with Gasteiger partial charge in [0.25, 0.3) is 0 Å². The minimum Gasteiger partial charge on any atom is -0.303 e. The Morgan fingerprint density at radius 2 is 1.67 bits per heavy atom. The van der Waals surface area contributed by atoms with Crippen molar-refractivity contribution in [2.24, 2.45) is 5.92 Å². The van der Waals surface area contributed by atoms with Crippen molar-refractivity contribution in [3.05, 3.63) is 0 Å². The van der Waals surface area contributed by atoms with E-state index < -0.39 is 0 Å². The highest BCUT2D eigenvalue weighted by molar-refractivity contribution is 9.09. The van der Waals surface area contributed by atoms with E-state index in [0.29, 0.717) is 0 Å². The summed E-state index contributed by atoms with van der Waals surface area (Å²) in [5.74, 6) is 0.989. The van der Waals surface area contributed by atoms with E-state index in [1.807, 2.05) is 0 Å². The third-order valence-electron chi connectivity index (χ3n) is 4.29. The fraction of sp³-hybridized carbons (Fsp3) is 1.00. The second-order valence-electron chi connectivity index (χ2n) is 5.88. The third kappa shape index (κ3) is 7.78. The summed E-state index contributed by atoms with van der Waals surface area (Å²) >= 11 is 3.49. The van der Waals surface area contributed by atoms with Gasteiger partial charge in [0.15, 0.2) is 0 Å². The summed E-state index contributed by atoms with van der Waals surface area (Å²) in [6.45, 7) is 6.45. The Bertz CT molecular complexity index is 184. The average molecular weight is 318 g/mol. The molecule has 1 nitrogen and oxygen atoms in total. The van der Waals surface area contributed by atoms with Crippen molar-refractivity contribution >= 4 is 15.9 Å². The van der Waals surface area contributed by atoms with E-state index in [9.17, 15) is 0 Å². The molecule has 0 saturated carbocycles. The van der Waals surface area contributed by atoms with Gasteiger partial charge in [0.2, 0.25) is 0 Å². The van der Waals surface area contributed by atoms with Crippen LogP contribution >= 0.6 is 15.9 Å². The highest BCUT2D eigenvalue weighted by Gasteiger charge is 2.17. The number of unbranched alkanes of at least 4 members (excludes halogenated alkanes) is 6. The van der Waals surface area contributed by atoms with Gasteiger partial charge >= 0.3 is 0 Å². The Hall–Kier alpha value is 0.440. The molecule has 0 spiro atoms. The number of hydrogen-bond donors (Lipinski definition) is 0. The molecule has 0 bridgehead atoms. The second kappa shape index (κ2) is 11.3. The lowest BCUT2D eigenvalue weighted by Crippen LogP contribution is -2.35. The first-order chi connectivity index (χ1) is 8.86. The second-order valence-corrected chi connectivity index (χ2v) is 6.67. The van der Waals surface area contributed by atoms with Crippen molar-refractivity contribution in [1.29, 1.82) is 0 Å². The minimum absolute atomic E-state index is 0.989. The SMILES string of the molecule is CCC1CCCN(CCCCCCCCCBr)C1. The topological polar surface area (TPSA) is 3.24 Å². The number of piperidine rings is 1. The molecule has 18 heavy (non-hydrogen) atoms. The summed E-state index contributed by atoms with van der Waals surface area (Å²) in [5.41, 5.74) is 0. The Balaban J connectivity index is 1.88. The average Bonchev–Trinajstić information content (AvgIpc) is 2.42. The molecule has 0 amide bonds. The van der Waals surface area contributed by atoms with Gasteiger partial charge in [-0.15, -0.1) is 0 Å². The Kier molecular flexibility index (Phi) is 10.3. The lowest BCUT2D eigenvalue weighted by Gasteiger charge is -2.32. The number of nitrogens with zero attached hydrogens (tertiary/aromatic N) is 1. The van der Waals surface area contributed by atoms with Gasteiger partial charge in [0, 0.05) is 11.9 Å². The van der Waals surface area contributed by atoms with Crippen LogP contribution in [0.5, 0.6) is 0 Å². The minimum atomic E-state index is 0.989. The number of halogens is 1. The molecule has 2 heteroatoms. The van der Waals surface area contributed by atoms with E-state index in [1.54, 1.807) is 0 Å². The van der Waals surface area contributed by atoms with E-state index in [1.165, 1.54) is 89.2 Å². The third-order valence-corrected chi connectivity index (χ3v) is 4.85. The van der Waals surface area contributed by atoms with Crippen molar-refractivity contribution in [2.75, 3.05) is 25.0 Å². The van der Waals surface area contributed by atoms with Gasteiger partial charge in [-0.05, 0) is 44.7 Å². The van der Waals surface area contributed by atoms with Crippen LogP contribution in [0.25, 0.3) is 0 Å². The summed E-state index contributed by atoms with van der Waals surface area (Å²) in [4.78, 5) is 2.71. The molecule has 0 N–H and O–H groups in total. The van der Waals surface area contributed by atoms with E-state index >= 15 is 0 Å². The number of rotatable bonds is 10. The van der Waals surface area contributed by atoms with Gasteiger partial charge in [-0.1, -0.05) is 61.4 Å². The van der Waals surface area contributed by atoms with Gasteiger partial charge in [0.1, 0.15) is 0 Å². The molecule has 0 aromatic carbocycles. The Morgan fingerprint density at radius 3 is 2.33 bits per heavy atom. The molecule has 0 radical (unpaired) electrons. The lowest BCUT2D eigenvalue weighted by molar-refractivity contribution is 0.169. The first-order valence-corrected chi connectivity index (χ1v) is 9.27. The van der Waals surface area contributed by atoms with Crippen LogP contribution in [0.3, 0.4) is 0 Å². The van der Waals surface area contributed by atoms with Gasteiger partial charge < -0.3 is 4.90 Å². The molecule has 0 aromatic rings. The number of hydrogen-bond acceptors (Lipinski definition) is 1. The maximum atomic E-state index is 3.49. The van der Waals surface area contributed by atoms with Crippen LogP contribution in [0.2, 0.25) is 0 Å². The number of likely N-dealkylation sites (tertiary alicyclic amines) is 1. The maximum Gasteiger partial charge on any atom is 0.00313 e. The molecule has 1 unspecified atom stereocenters. The van der Waals surface area contributed by atoms with Crippen LogP contribution in [-0.2, 0) is 0 Å². The van der Waals surface area contributed by atoms with Crippen LogP contribution in [0.15, 0.2) is 0 Å². The molecular formula is C16H32BrN. The lowest BCUT2D eigenvalue weighted by atomic mass is 9.95. The predicted molar refractivity (Wildman–Crippen MR) is 85.6 cm³/mol. The smallest absolute Gasteiger partial charge is 0.00313 e. The fourth-order valence-corrected chi connectivity index (χ4v) is 3.40. The van der Waals surface area contributed by atoms with Crippen molar-refractivity contribution in [1.82, 2.24) is 4.90 Å². The molecule has 1 aliphatic heterocycles. The van der Waals surface area contributed by atoms with Crippen molar-refractivity contribution in [3.8, 4) is 0 Å². The van der Waals surface area contributed by atoms with Gasteiger partial charge in [0.05, 0.1) is 0 Å². The first-order valence-electron chi connectivity index (χ1n) is 8.15. The summed E-state index contributed by atoms with van der Waals surface area (Å²) in [6.07, 6.45) is 14.3. The van der Waals surface area contributed by atoms with Crippen molar-refractivity contribution < 1.29 is 0 Å². The highest BCUT2D eigenvalue weighted by atomic mass is 79.9. The Morgan fingerprint density at radius 1 is 1.00 bits per heavy atom. The predicted octanol–water partition coefficient (Wildman–Crippen LogP) is 5.23. The molecule has 108 valence electrons. The summed E-state index contributed by atoms with van der Waals surface area (Å²) < 4.78 is 0. The zero-order valence-corrected chi connectivity index (χ0v) is 13.9. The van der Waals surface area contributed by atoms with E-state index in [-0.39, 0.29) is 0 Å². The summed E-state index contributed by atoms with van der Waals surface area (Å²) in [7, 11) is 0. The van der Waals surface area contributed by atoms with Crippen LogP contribution < -0.4 is 0 Å². The van der Waals surface area contributed by atoms with Crippen LogP contribution in [0.4, 0.5) is 0 Å². The van der Waals surface area contributed by atoms with Crippen LogP contribution in [-0.4, -0.2) is 29.9 Å². The zero-order chi connectivity index (χ0) is 13.1. The molecule has 0 aromatic heterocycles. The standard InChI is InChI=1S/C16H32BrN/c1-2-16-11-10-14-18(15-16)13-9-7-5-3-4-6-8-12-17/h16H,2-15H2,1H3. The van der Waals surface area contributed by atoms with E-state index in [4.69, 9.17) is 0 Å². The van der Waals surface area contributed by atoms with Gasteiger partial charge in [-0.25, -0.2) is 0 Å². The van der Waals surface area contributed by atoms with Gasteiger partial charge in [-0.3, -0.25) is 0 Å².